The molecule has 1 fully saturated rings. The lowest BCUT2D eigenvalue weighted by Crippen LogP contribution is -2.38. The number of hydrogen-bond donors (Lipinski definition) is 2. The van der Waals surface area contributed by atoms with Crippen LogP contribution >= 0.6 is 23.8 Å². The maximum Gasteiger partial charge on any atom is 0.170 e. The minimum Gasteiger partial charge on any atom is -0.361 e. The van der Waals surface area contributed by atoms with E-state index >= 15 is 0 Å². The van der Waals surface area contributed by atoms with Crippen molar-refractivity contribution >= 4 is 34.6 Å². The molecule has 3 nitrogen and oxygen atoms in total. The SMILES string of the molecule is Cc1ccc(NC(=S)NC[C@H](c2ccccc2)N2CCCC2)cc1Cl. The van der Waals surface area contributed by atoms with E-state index in [-0.39, 0.29) is 0 Å². The fraction of sp³-hybridized carbons (Fsp3) is 0.350. The van der Waals surface area contributed by atoms with Crippen molar-refractivity contribution in [1.29, 1.82) is 0 Å². The minimum absolute atomic E-state index is 0.338. The molecule has 0 bridgehead atoms. The summed E-state index contributed by atoms with van der Waals surface area (Å²) in [7, 11) is 0. The molecular weight excluding hydrogens is 350 g/mol. The van der Waals surface area contributed by atoms with E-state index in [0.29, 0.717) is 11.2 Å². The van der Waals surface area contributed by atoms with E-state index in [0.717, 1.165) is 35.9 Å². The van der Waals surface area contributed by atoms with Crippen LogP contribution in [0.3, 0.4) is 0 Å². The van der Waals surface area contributed by atoms with Crippen molar-refractivity contribution in [2.24, 2.45) is 0 Å². The Bertz CT molecular complexity index is 714. The third kappa shape index (κ3) is 4.94. The number of benzene rings is 2. The average molecular weight is 374 g/mol. The van der Waals surface area contributed by atoms with Crippen LogP contribution in [0.15, 0.2) is 48.5 Å². The Hall–Kier alpha value is -1.62. The van der Waals surface area contributed by atoms with Crippen molar-refractivity contribution in [2.75, 3.05) is 25.0 Å². The molecule has 132 valence electrons. The summed E-state index contributed by atoms with van der Waals surface area (Å²) >= 11 is 11.7. The first-order valence-corrected chi connectivity index (χ1v) is 9.52. The van der Waals surface area contributed by atoms with Gasteiger partial charge in [-0.3, -0.25) is 4.90 Å². The topological polar surface area (TPSA) is 27.3 Å². The molecule has 2 N–H and O–H groups in total. The lowest BCUT2D eigenvalue weighted by Gasteiger charge is -2.28. The summed E-state index contributed by atoms with van der Waals surface area (Å²) in [4.78, 5) is 2.54. The van der Waals surface area contributed by atoms with E-state index < -0.39 is 0 Å². The van der Waals surface area contributed by atoms with Crippen LogP contribution in [0.2, 0.25) is 5.02 Å². The van der Waals surface area contributed by atoms with Gasteiger partial charge in [-0.1, -0.05) is 48.0 Å². The quantitative estimate of drug-likeness (QED) is 0.738. The number of nitrogens with zero attached hydrogens (tertiary/aromatic N) is 1. The van der Waals surface area contributed by atoms with Gasteiger partial charge in [0.2, 0.25) is 0 Å². The fourth-order valence-corrected chi connectivity index (χ4v) is 3.60. The first-order valence-electron chi connectivity index (χ1n) is 8.73. The van der Waals surface area contributed by atoms with E-state index in [2.05, 4.69) is 45.9 Å². The highest BCUT2D eigenvalue weighted by molar-refractivity contribution is 7.80. The van der Waals surface area contributed by atoms with Crippen molar-refractivity contribution < 1.29 is 0 Å². The maximum absolute atomic E-state index is 6.18. The molecule has 0 aliphatic carbocycles. The number of hydrogen-bond acceptors (Lipinski definition) is 2. The second kappa shape index (κ2) is 8.65. The largest absolute Gasteiger partial charge is 0.361 e. The molecule has 0 amide bonds. The Morgan fingerprint density at radius 3 is 2.56 bits per heavy atom. The highest BCUT2D eigenvalue weighted by Crippen LogP contribution is 2.24. The zero-order chi connectivity index (χ0) is 17.6. The maximum atomic E-state index is 6.18. The Kier molecular flexibility index (Phi) is 6.29. The van der Waals surface area contributed by atoms with Crippen LogP contribution in [0.1, 0.15) is 30.0 Å². The van der Waals surface area contributed by atoms with Gasteiger partial charge in [0, 0.05) is 17.3 Å². The molecule has 0 saturated carbocycles. The van der Waals surface area contributed by atoms with Gasteiger partial charge in [-0.05, 0) is 68.3 Å². The lowest BCUT2D eigenvalue weighted by molar-refractivity contribution is 0.246. The predicted molar refractivity (Wildman–Crippen MR) is 110 cm³/mol. The molecule has 1 aliphatic rings. The number of nitrogens with one attached hydrogen (secondary N) is 2. The van der Waals surface area contributed by atoms with Gasteiger partial charge in [0.25, 0.3) is 0 Å². The Labute approximate surface area is 160 Å². The van der Waals surface area contributed by atoms with E-state index in [1.54, 1.807) is 0 Å². The molecule has 1 aliphatic heterocycles. The van der Waals surface area contributed by atoms with E-state index in [1.807, 2.05) is 25.1 Å². The molecule has 1 heterocycles. The van der Waals surface area contributed by atoms with Crippen LogP contribution < -0.4 is 10.6 Å². The van der Waals surface area contributed by atoms with Crippen LogP contribution in [0.4, 0.5) is 5.69 Å². The number of aryl methyl sites for hydroxylation is 1. The third-order valence-electron chi connectivity index (χ3n) is 4.65. The number of rotatable bonds is 5. The second-order valence-corrected chi connectivity index (χ2v) is 7.28. The zero-order valence-corrected chi connectivity index (χ0v) is 16.0. The van der Waals surface area contributed by atoms with Crippen molar-refractivity contribution in [2.45, 2.75) is 25.8 Å². The van der Waals surface area contributed by atoms with Crippen molar-refractivity contribution in [3.8, 4) is 0 Å². The molecule has 3 rings (SSSR count). The summed E-state index contributed by atoms with van der Waals surface area (Å²) in [6, 6.07) is 16.9. The Balaban J connectivity index is 1.62. The minimum atomic E-state index is 0.338. The molecule has 0 unspecified atom stereocenters. The fourth-order valence-electron chi connectivity index (χ4n) is 3.22. The van der Waals surface area contributed by atoms with Gasteiger partial charge in [-0.15, -0.1) is 0 Å². The van der Waals surface area contributed by atoms with Gasteiger partial charge in [0.15, 0.2) is 5.11 Å². The predicted octanol–water partition coefficient (Wildman–Crippen LogP) is 4.77. The third-order valence-corrected chi connectivity index (χ3v) is 5.31. The number of halogens is 1. The highest BCUT2D eigenvalue weighted by Gasteiger charge is 2.23. The first-order chi connectivity index (χ1) is 12.1. The standard InChI is InChI=1S/C20H24ClN3S/c1-15-9-10-17(13-18(15)21)23-20(25)22-14-19(24-11-5-6-12-24)16-7-3-2-4-8-16/h2-4,7-10,13,19H,5-6,11-12,14H2,1H3,(H2,22,23,25)/t19-/m1/s1. The van der Waals surface area contributed by atoms with Crippen LogP contribution in [0, 0.1) is 6.92 Å². The molecule has 2 aromatic carbocycles. The summed E-state index contributed by atoms with van der Waals surface area (Å²) in [6.45, 7) is 5.07. The van der Waals surface area contributed by atoms with Gasteiger partial charge in [0.1, 0.15) is 0 Å². The Morgan fingerprint density at radius 1 is 1.16 bits per heavy atom. The number of thiocarbonyl (C=S) groups is 1. The normalized spacial score (nSPS) is 15.8. The number of anilines is 1. The van der Waals surface area contributed by atoms with E-state index in [9.17, 15) is 0 Å². The van der Waals surface area contributed by atoms with E-state index in [4.69, 9.17) is 23.8 Å². The summed E-state index contributed by atoms with van der Waals surface area (Å²) in [5.41, 5.74) is 3.30. The molecule has 0 radical (unpaired) electrons. The summed E-state index contributed by atoms with van der Waals surface area (Å²) in [5, 5.41) is 7.97. The van der Waals surface area contributed by atoms with Crippen molar-refractivity contribution in [3.05, 3.63) is 64.7 Å². The molecule has 0 aromatic heterocycles. The first kappa shape index (κ1) is 18.2. The van der Waals surface area contributed by atoms with Gasteiger partial charge in [-0.25, -0.2) is 0 Å². The van der Waals surface area contributed by atoms with Gasteiger partial charge >= 0.3 is 0 Å². The molecule has 0 spiro atoms. The molecule has 1 atom stereocenters. The summed E-state index contributed by atoms with van der Waals surface area (Å²) < 4.78 is 0. The van der Waals surface area contributed by atoms with Gasteiger partial charge in [-0.2, -0.15) is 0 Å². The molecule has 1 saturated heterocycles. The molecule has 5 heteroatoms. The summed E-state index contributed by atoms with van der Waals surface area (Å²) in [6.07, 6.45) is 2.54. The lowest BCUT2D eigenvalue weighted by atomic mass is 10.1. The molecule has 25 heavy (non-hydrogen) atoms. The molecule has 2 aromatic rings. The molecular formula is C20H24ClN3S. The monoisotopic (exact) mass is 373 g/mol. The van der Waals surface area contributed by atoms with Crippen LogP contribution in [0.5, 0.6) is 0 Å². The van der Waals surface area contributed by atoms with Crippen molar-refractivity contribution in [3.63, 3.8) is 0 Å². The zero-order valence-electron chi connectivity index (χ0n) is 14.5. The Morgan fingerprint density at radius 2 is 1.88 bits per heavy atom. The van der Waals surface area contributed by atoms with E-state index in [1.165, 1.54) is 18.4 Å². The van der Waals surface area contributed by atoms with Gasteiger partial charge < -0.3 is 10.6 Å². The summed E-state index contributed by atoms with van der Waals surface area (Å²) in [5.74, 6) is 0. The van der Waals surface area contributed by atoms with Gasteiger partial charge in [0.05, 0.1) is 6.04 Å². The second-order valence-electron chi connectivity index (χ2n) is 6.47. The van der Waals surface area contributed by atoms with Crippen LogP contribution in [0.25, 0.3) is 0 Å². The van der Waals surface area contributed by atoms with Crippen LogP contribution in [-0.2, 0) is 0 Å². The van der Waals surface area contributed by atoms with Crippen LogP contribution in [-0.4, -0.2) is 29.6 Å². The average Bonchev–Trinajstić information content (AvgIpc) is 3.14. The number of likely N-dealkylation sites (tertiary alicyclic amines) is 1. The van der Waals surface area contributed by atoms with Crippen molar-refractivity contribution in [1.82, 2.24) is 10.2 Å². The smallest absolute Gasteiger partial charge is 0.170 e. The highest BCUT2D eigenvalue weighted by atomic mass is 35.5.